The molecule has 1 heterocycles. The molecule has 21 heavy (non-hydrogen) atoms. The van der Waals surface area contributed by atoms with E-state index in [0.29, 0.717) is 29.3 Å². The Morgan fingerprint density at radius 3 is 2.71 bits per heavy atom. The van der Waals surface area contributed by atoms with Gasteiger partial charge in [-0.2, -0.15) is 0 Å². The molecule has 1 aliphatic heterocycles. The Balaban J connectivity index is 2.31. The van der Waals surface area contributed by atoms with Crippen LogP contribution in [0.1, 0.15) is 23.2 Å². The molecule has 0 saturated carbocycles. The van der Waals surface area contributed by atoms with Crippen LogP contribution in [0.5, 0.6) is 5.75 Å². The van der Waals surface area contributed by atoms with Crippen molar-refractivity contribution in [2.45, 2.75) is 18.9 Å². The zero-order valence-corrected chi connectivity index (χ0v) is 13.2. The number of likely N-dealkylation sites (N-methyl/N-ethyl adjacent to an activating group) is 1. The number of carbonyl (C=O) groups excluding carboxylic acids is 2. The Morgan fingerprint density at radius 1 is 1.38 bits per heavy atom. The molecule has 1 atom stereocenters. The summed E-state index contributed by atoms with van der Waals surface area (Å²) >= 11 is 5.97. The fourth-order valence-electron chi connectivity index (χ4n) is 2.57. The van der Waals surface area contributed by atoms with E-state index in [9.17, 15) is 9.59 Å². The summed E-state index contributed by atoms with van der Waals surface area (Å²) in [5.74, 6) is 0.196. The van der Waals surface area contributed by atoms with Crippen LogP contribution in [0.2, 0.25) is 5.02 Å². The van der Waals surface area contributed by atoms with Crippen molar-refractivity contribution in [1.29, 1.82) is 0 Å². The summed E-state index contributed by atoms with van der Waals surface area (Å²) in [5, 5.41) is 0.467. The minimum atomic E-state index is -0.406. The van der Waals surface area contributed by atoms with E-state index >= 15 is 0 Å². The number of methoxy groups -OCH3 is 1. The number of carbonyl (C=O) groups is 2. The highest BCUT2D eigenvalue weighted by molar-refractivity contribution is 6.31. The Morgan fingerprint density at radius 2 is 2.10 bits per heavy atom. The van der Waals surface area contributed by atoms with Crippen LogP contribution in [0, 0.1) is 0 Å². The van der Waals surface area contributed by atoms with Crippen molar-refractivity contribution in [3.63, 3.8) is 0 Å². The highest BCUT2D eigenvalue weighted by Crippen LogP contribution is 2.28. The van der Waals surface area contributed by atoms with E-state index in [1.54, 1.807) is 37.2 Å². The average Bonchev–Trinajstić information content (AvgIpc) is 2.94. The van der Waals surface area contributed by atoms with Gasteiger partial charge in [0.05, 0.1) is 12.7 Å². The summed E-state index contributed by atoms with van der Waals surface area (Å²) < 4.78 is 5.22. The molecule has 0 radical (unpaired) electrons. The van der Waals surface area contributed by atoms with Gasteiger partial charge in [-0.1, -0.05) is 11.6 Å². The van der Waals surface area contributed by atoms with Gasteiger partial charge in [-0.3, -0.25) is 9.59 Å². The Hall–Kier alpha value is -1.75. The molecule has 1 aromatic carbocycles. The van der Waals surface area contributed by atoms with Gasteiger partial charge in [-0.15, -0.1) is 0 Å². The van der Waals surface area contributed by atoms with Gasteiger partial charge in [0.2, 0.25) is 5.91 Å². The first kappa shape index (κ1) is 15.6. The SMILES string of the molecule is COc1ccc(Cl)cc1C(=O)N1CCCC1C(=O)N(C)C. The molecule has 0 spiro atoms. The predicted octanol–water partition coefficient (Wildman–Crippen LogP) is 2.04. The number of halogens is 1. The highest BCUT2D eigenvalue weighted by atomic mass is 35.5. The average molecular weight is 311 g/mol. The first-order chi connectivity index (χ1) is 9.95. The number of benzene rings is 1. The van der Waals surface area contributed by atoms with Gasteiger partial charge < -0.3 is 14.5 Å². The minimum Gasteiger partial charge on any atom is -0.496 e. The second-order valence-electron chi connectivity index (χ2n) is 5.23. The van der Waals surface area contributed by atoms with E-state index in [2.05, 4.69) is 0 Å². The smallest absolute Gasteiger partial charge is 0.258 e. The highest BCUT2D eigenvalue weighted by Gasteiger charge is 2.36. The molecule has 2 rings (SSSR count). The van der Waals surface area contributed by atoms with E-state index in [0.717, 1.165) is 6.42 Å². The first-order valence-electron chi connectivity index (χ1n) is 6.81. The zero-order chi connectivity index (χ0) is 15.6. The van der Waals surface area contributed by atoms with Crippen LogP contribution in [-0.4, -0.2) is 55.4 Å². The number of nitrogens with zero attached hydrogens (tertiary/aromatic N) is 2. The number of rotatable bonds is 3. The van der Waals surface area contributed by atoms with Crippen molar-refractivity contribution in [2.75, 3.05) is 27.7 Å². The monoisotopic (exact) mass is 310 g/mol. The molecule has 0 aliphatic carbocycles. The molecule has 6 heteroatoms. The molecule has 0 N–H and O–H groups in total. The molecular formula is C15H19ClN2O3. The maximum Gasteiger partial charge on any atom is 0.258 e. The van der Waals surface area contributed by atoms with Crippen molar-refractivity contribution in [3.8, 4) is 5.75 Å². The summed E-state index contributed by atoms with van der Waals surface area (Å²) in [6.07, 6.45) is 1.50. The molecule has 0 bridgehead atoms. The second kappa shape index (κ2) is 6.35. The quantitative estimate of drug-likeness (QED) is 0.858. The summed E-state index contributed by atoms with van der Waals surface area (Å²) in [4.78, 5) is 28.0. The van der Waals surface area contributed by atoms with Crippen LogP contribution in [-0.2, 0) is 4.79 Å². The standard InChI is InChI=1S/C15H19ClN2O3/c1-17(2)15(20)12-5-4-8-18(12)14(19)11-9-10(16)6-7-13(11)21-3/h6-7,9,12H,4-5,8H2,1-3H3. The third-order valence-electron chi connectivity index (χ3n) is 3.63. The Kier molecular flexibility index (Phi) is 4.73. The first-order valence-corrected chi connectivity index (χ1v) is 7.19. The Bertz CT molecular complexity index is 560. The minimum absolute atomic E-state index is 0.0538. The number of hydrogen-bond acceptors (Lipinski definition) is 3. The van der Waals surface area contributed by atoms with Gasteiger partial charge in [0, 0.05) is 25.7 Å². The number of ether oxygens (including phenoxy) is 1. The lowest BCUT2D eigenvalue weighted by atomic mass is 10.1. The van der Waals surface area contributed by atoms with Gasteiger partial charge in [-0.25, -0.2) is 0 Å². The fraction of sp³-hybridized carbons (Fsp3) is 0.467. The normalized spacial score (nSPS) is 17.7. The third-order valence-corrected chi connectivity index (χ3v) is 3.87. The lowest BCUT2D eigenvalue weighted by molar-refractivity contribution is -0.132. The van der Waals surface area contributed by atoms with E-state index in [-0.39, 0.29) is 11.8 Å². The maximum absolute atomic E-state index is 12.7. The third kappa shape index (κ3) is 3.13. The van der Waals surface area contributed by atoms with Gasteiger partial charge >= 0.3 is 0 Å². The van der Waals surface area contributed by atoms with Crippen LogP contribution in [0.4, 0.5) is 0 Å². The van der Waals surface area contributed by atoms with Gasteiger partial charge in [-0.05, 0) is 31.0 Å². The number of amides is 2. The van der Waals surface area contributed by atoms with Gasteiger partial charge in [0.25, 0.3) is 5.91 Å². The number of hydrogen-bond donors (Lipinski definition) is 0. The van der Waals surface area contributed by atoms with Crippen molar-refractivity contribution in [3.05, 3.63) is 28.8 Å². The van der Waals surface area contributed by atoms with Crippen molar-refractivity contribution in [2.24, 2.45) is 0 Å². The molecule has 1 fully saturated rings. The van der Waals surface area contributed by atoms with Crippen molar-refractivity contribution >= 4 is 23.4 Å². The van der Waals surface area contributed by atoms with Crippen LogP contribution in [0.25, 0.3) is 0 Å². The van der Waals surface area contributed by atoms with Crippen LogP contribution < -0.4 is 4.74 Å². The molecule has 1 aromatic rings. The van der Waals surface area contributed by atoms with Crippen LogP contribution in [0.15, 0.2) is 18.2 Å². The summed E-state index contributed by atoms with van der Waals surface area (Å²) in [6.45, 7) is 0.568. The molecule has 0 aromatic heterocycles. The molecule has 114 valence electrons. The second-order valence-corrected chi connectivity index (χ2v) is 5.67. The molecular weight excluding hydrogens is 292 g/mol. The van der Waals surface area contributed by atoms with E-state index < -0.39 is 6.04 Å². The lowest BCUT2D eigenvalue weighted by Crippen LogP contribution is -2.45. The van der Waals surface area contributed by atoms with Crippen molar-refractivity contribution in [1.82, 2.24) is 9.80 Å². The Labute approximate surface area is 129 Å². The van der Waals surface area contributed by atoms with Gasteiger partial charge in [0.1, 0.15) is 11.8 Å². The molecule has 1 unspecified atom stereocenters. The van der Waals surface area contributed by atoms with Crippen molar-refractivity contribution < 1.29 is 14.3 Å². The molecule has 1 saturated heterocycles. The number of likely N-dealkylation sites (tertiary alicyclic amines) is 1. The largest absolute Gasteiger partial charge is 0.496 e. The summed E-state index contributed by atoms with van der Waals surface area (Å²) in [5.41, 5.74) is 0.392. The van der Waals surface area contributed by atoms with Crippen LogP contribution >= 0.6 is 11.6 Å². The summed E-state index contributed by atoms with van der Waals surface area (Å²) in [6, 6.07) is 4.51. The van der Waals surface area contributed by atoms with Gasteiger partial charge in [0.15, 0.2) is 0 Å². The maximum atomic E-state index is 12.7. The lowest BCUT2D eigenvalue weighted by Gasteiger charge is -2.26. The van der Waals surface area contributed by atoms with E-state index in [1.807, 2.05) is 0 Å². The zero-order valence-electron chi connectivity index (χ0n) is 12.4. The molecule has 1 aliphatic rings. The van der Waals surface area contributed by atoms with E-state index in [1.165, 1.54) is 12.0 Å². The molecule has 5 nitrogen and oxygen atoms in total. The molecule has 2 amide bonds. The predicted molar refractivity (Wildman–Crippen MR) is 80.8 cm³/mol. The van der Waals surface area contributed by atoms with Crippen LogP contribution in [0.3, 0.4) is 0 Å². The topological polar surface area (TPSA) is 49.9 Å². The van der Waals surface area contributed by atoms with E-state index in [4.69, 9.17) is 16.3 Å². The summed E-state index contributed by atoms with van der Waals surface area (Å²) in [7, 11) is 4.90. The fourth-order valence-corrected chi connectivity index (χ4v) is 2.74.